The molecule has 0 aromatic heterocycles. The number of carboxylic acids is 1. The summed E-state index contributed by atoms with van der Waals surface area (Å²) < 4.78 is 5.39. The Hall–Kier alpha value is -3.06. The fourth-order valence-corrected chi connectivity index (χ4v) is 2.17. The van der Waals surface area contributed by atoms with E-state index in [1.54, 1.807) is 31.2 Å². The van der Waals surface area contributed by atoms with Crippen molar-refractivity contribution in [1.82, 2.24) is 0 Å². The van der Waals surface area contributed by atoms with Crippen molar-refractivity contribution in [2.75, 3.05) is 17.2 Å². The van der Waals surface area contributed by atoms with Crippen LogP contribution in [0.4, 0.5) is 11.4 Å². The molecular formula is C18H17ClN2O5. The van der Waals surface area contributed by atoms with Crippen LogP contribution in [0.25, 0.3) is 0 Å². The van der Waals surface area contributed by atoms with E-state index in [9.17, 15) is 14.4 Å². The minimum absolute atomic E-state index is 0.00462. The molecular weight excluding hydrogens is 360 g/mol. The third kappa shape index (κ3) is 5.49. The summed E-state index contributed by atoms with van der Waals surface area (Å²) in [5.74, 6) is -1.36. The summed E-state index contributed by atoms with van der Waals surface area (Å²) in [7, 11) is 0. The summed E-state index contributed by atoms with van der Waals surface area (Å²) in [5.41, 5.74) is 0.751. The molecule has 26 heavy (non-hydrogen) atoms. The minimum atomic E-state index is -1.13. The number of nitrogens with one attached hydrogen (secondary N) is 2. The largest absolute Gasteiger partial charge is 0.484 e. The third-order valence-corrected chi connectivity index (χ3v) is 3.63. The van der Waals surface area contributed by atoms with Gasteiger partial charge in [-0.1, -0.05) is 24.6 Å². The van der Waals surface area contributed by atoms with E-state index in [-0.39, 0.29) is 28.8 Å². The van der Waals surface area contributed by atoms with Crippen LogP contribution in [-0.4, -0.2) is 29.5 Å². The van der Waals surface area contributed by atoms with Gasteiger partial charge in [-0.25, -0.2) is 4.79 Å². The molecule has 0 saturated heterocycles. The molecule has 0 radical (unpaired) electrons. The second-order valence-electron chi connectivity index (χ2n) is 5.27. The van der Waals surface area contributed by atoms with Crippen molar-refractivity contribution in [3.63, 3.8) is 0 Å². The Bertz CT molecular complexity index is 838. The summed E-state index contributed by atoms with van der Waals surface area (Å²) in [6, 6.07) is 10.6. The number of carboxylic acid groups (broad SMARTS) is 1. The molecule has 0 aliphatic heterocycles. The van der Waals surface area contributed by atoms with Crippen molar-refractivity contribution in [3.05, 3.63) is 53.1 Å². The Kier molecular flexibility index (Phi) is 6.57. The molecule has 2 aromatic rings. The van der Waals surface area contributed by atoms with Crippen molar-refractivity contribution in [1.29, 1.82) is 0 Å². The van der Waals surface area contributed by atoms with Gasteiger partial charge in [0.25, 0.3) is 5.91 Å². The van der Waals surface area contributed by atoms with Gasteiger partial charge in [0.15, 0.2) is 6.61 Å². The highest BCUT2D eigenvalue weighted by Crippen LogP contribution is 2.23. The summed E-state index contributed by atoms with van der Waals surface area (Å²) in [6.45, 7) is 1.43. The summed E-state index contributed by atoms with van der Waals surface area (Å²) in [5, 5.41) is 14.4. The average Bonchev–Trinajstić information content (AvgIpc) is 2.62. The van der Waals surface area contributed by atoms with E-state index in [0.29, 0.717) is 17.9 Å². The van der Waals surface area contributed by atoms with Crippen LogP contribution in [0.1, 0.15) is 23.7 Å². The fraction of sp³-hybridized carbons (Fsp3) is 0.167. The van der Waals surface area contributed by atoms with Gasteiger partial charge in [-0.05, 0) is 30.3 Å². The molecule has 7 nitrogen and oxygen atoms in total. The maximum Gasteiger partial charge on any atom is 0.335 e. The Morgan fingerprint density at radius 3 is 2.54 bits per heavy atom. The van der Waals surface area contributed by atoms with Crippen LogP contribution in [0.2, 0.25) is 5.02 Å². The summed E-state index contributed by atoms with van der Waals surface area (Å²) in [4.78, 5) is 34.4. The van der Waals surface area contributed by atoms with Crippen molar-refractivity contribution in [3.8, 4) is 5.75 Å². The molecule has 2 rings (SSSR count). The van der Waals surface area contributed by atoms with Crippen molar-refractivity contribution < 1.29 is 24.2 Å². The van der Waals surface area contributed by atoms with Crippen LogP contribution in [0, 0.1) is 0 Å². The Morgan fingerprint density at radius 2 is 1.85 bits per heavy atom. The second kappa shape index (κ2) is 8.87. The molecule has 0 fully saturated rings. The van der Waals surface area contributed by atoms with Gasteiger partial charge in [0.05, 0.1) is 16.3 Å². The number of benzene rings is 2. The summed E-state index contributed by atoms with van der Waals surface area (Å²) >= 11 is 5.96. The van der Waals surface area contributed by atoms with Crippen LogP contribution in [0.3, 0.4) is 0 Å². The number of anilines is 2. The lowest BCUT2D eigenvalue weighted by Crippen LogP contribution is -2.20. The zero-order valence-corrected chi connectivity index (χ0v) is 14.7. The zero-order chi connectivity index (χ0) is 19.1. The molecule has 2 aromatic carbocycles. The van der Waals surface area contributed by atoms with Gasteiger partial charge in [-0.3, -0.25) is 9.59 Å². The molecule has 3 N–H and O–H groups in total. The van der Waals surface area contributed by atoms with Gasteiger partial charge in [-0.15, -0.1) is 0 Å². The molecule has 8 heteroatoms. The highest BCUT2D eigenvalue weighted by atomic mass is 35.5. The molecule has 0 bridgehead atoms. The van der Waals surface area contributed by atoms with E-state index in [4.69, 9.17) is 21.4 Å². The SMILES string of the molecule is CCC(=O)Nc1cccc(OCC(=O)Nc2cc(C(=O)O)ccc2Cl)c1. The maximum absolute atomic E-state index is 12.0. The van der Waals surface area contributed by atoms with Gasteiger partial charge < -0.3 is 20.5 Å². The third-order valence-electron chi connectivity index (χ3n) is 3.30. The number of ether oxygens (including phenoxy) is 1. The first-order chi connectivity index (χ1) is 12.4. The second-order valence-corrected chi connectivity index (χ2v) is 5.67. The lowest BCUT2D eigenvalue weighted by Gasteiger charge is -2.10. The molecule has 0 atom stereocenters. The van der Waals surface area contributed by atoms with Gasteiger partial charge in [0.2, 0.25) is 5.91 Å². The molecule has 0 saturated carbocycles. The van der Waals surface area contributed by atoms with Gasteiger partial charge in [0, 0.05) is 18.2 Å². The number of hydrogen-bond donors (Lipinski definition) is 3. The van der Waals surface area contributed by atoms with Crippen LogP contribution in [0.15, 0.2) is 42.5 Å². The van der Waals surface area contributed by atoms with E-state index < -0.39 is 11.9 Å². The Balaban J connectivity index is 1.97. The fourth-order valence-electron chi connectivity index (χ4n) is 2.00. The quantitative estimate of drug-likeness (QED) is 0.686. The molecule has 0 aliphatic rings. The van der Waals surface area contributed by atoms with E-state index >= 15 is 0 Å². The maximum atomic E-state index is 12.0. The predicted molar refractivity (Wildman–Crippen MR) is 97.9 cm³/mol. The van der Waals surface area contributed by atoms with Gasteiger partial charge in [-0.2, -0.15) is 0 Å². The van der Waals surface area contributed by atoms with E-state index in [2.05, 4.69) is 10.6 Å². The first kappa shape index (κ1) is 19.3. The number of aromatic carboxylic acids is 1. The number of amides is 2. The van der Waals surface area contributed by atoms with Crippen molar-refractivity contribution >= 4 is 40.8 Å². The van der Waals surface area contributed by atoms with E-state index in [0.717, 1.165) is 0 Å². The molecule has 0 aliphatic carbocycles. The summed E-state index contributed by atoms with van der Waals surface area (Å²) in [6.07, 6.45) is 0.351. The molecule has 136 valence electrons. The minimum Gasteiger partial charge on any atom is -0.484 e. The van der Waals surface area contributed by atoms with E-state index in [1.807, 2.05) is 0 Å². The van der Waals surface area contributed by atoms with Crippen LogP contribution in [0.5, 0.6) is 5.75 Å². The van der Waals surface area contributed by atoms with Gasteiger partial charge in [0.1, 0.15) is 5.75 Å². The lowest BCUT2D eigenvalue weighted by atomic mass is 10.2. The smallest absolute Gasteiger partial charge is 0.335 e. The first-order valence-electron chi connectivity index (χ1n) is 7.74. The number of hydrogen-bond acceptors (Lipinski definition) is 4. The molecule has 0 heterocycles. The molecule has 2 amide bonds. The predicted octanol–water partition coefficient (Wildman–Crippen LogP) is 3.40. The van der Waals surface area contributed by atoms with Crippen LogP contribution in [-0.2, 0) is 9.59 Å². The van der Waals surface area contributed by atoms with Crippen LogP contribution >= 0.6 is 11.6 Å². The number of rotatable bonds is 7. The average molecular weight is 377 g/mol. The van der Waals surface area contributed by atoms with Crippen molar-refractivity contribution in [2.24, 2.45) is 0 Å². The van der Waals surface area contributed by atoms with E-state index in [1.165, 1.54) is 18.2 Å². The number of carbonyl (C=O) groups excluding carboxylic acids is 2. The zero-order valence-electron chi connectivity index (χ0n) is 13.9. The standard InChI is InChI=1S/C18H17ClN2O5/c1-2-16(22)20-12-4-3-5-13(9-12)26-10-17(23)21-15-8-11(18(24)25)6-7-14(15)19/h3-9H,2,10H2,1H3,(H,20,22)(H,21,23)(H,24,25). The number of carbonyl (C=O) groups is 3. The lowest BCUT2D eigenvalue weighted by molar-refractivity contribution is -0.118. The Morgan fingerprint density at radius 1 is 1.08 bits per heavy atom. The normalized spacial score (nSPS) is 10.1. The monoisotopic (exact) mass is 376 g/mol. The van der Waals surface area contributed by atoms with Crippen LogP contribution < -0.4 is 15.4 Å². The molecule has 0 unspecified atom stereocenters. The Labute approximate surface area is 154 Å². The first-order valence-corrected chi connectivity index (χ1v) is 8.12. The number of halogens is 1. The highest BCUT2D eigenvalue weighted by molar-refractivity contribution is 6.33. The highest BCUT2D eigenvalue weighted by Gasteiger charge is 2.11. The topological polar surface area (TPSA) is 105 Å². The van der Waals surface area contributed by atoms with Gasteiger partial charge >= 0.3 is 5.97 Å². The van der Waals surface area contributed by atoms with Crippen molar-refractivity contribution in [2.45, 2.75) is 13.3 Å². The molecule has 0 spiro atoms.